The third-order valence-corrected chi connectivity index (χ3v) is 6.58. The molecule has 1 aromatic rings. The molecule has 1 saturated carbocycles. The van der Waals surface area contributed by atoms with Crippen LogP contribution in [0.15, 0.2) is 29.3 Å². The summed E-state index contributed by atoms with van der Waals surface area (Å²) < 4.78 is 6.05. The number of piperidine rings is 2. The van der Waals surface area contributed by atoms with Crippen LogP contribution >= 0.6 is 0 Å². The molecule has 4 rings (SSSR count). The third-order valence-electron chi connectivity index (χ3n) is 6.58. The molecule has 0 spiro atoms. The van der Waals surface area contributed by atoms with E-state index in [0.717, 1.165) is 42.9 Å². The van der Waals surface area contributed by atoms with E-state index in [2.05, 4.69) is 53.8 Å². The zero-order chi connectivity index (χ0) is 19.3. The first-order valence-corrected chi connectivity index (χ1v) is 11.2. The van der Waals surface area contributed by atoms with Gasteiger partial charge in [0.1, 0.15) is 5.75 Å². The normalized spacial score (nSPS) is 28.1. The van der Waals surface area contributed by atoms with Crippen molar-refractivity contribution in [3.05, 3.63) is 29.8 Å². The van der Waals surface area contributed by atoms with Crippen LogP contribution in [0.25, 0.3) is 0 Å². The molecule has 0 amide bonds. The molecule has 2 atom stereocenters. The van der Waals surface area contributed by atoms with E-state index in [9.17, 15) is 0 Å². The molecule has 1 aromatic carbocycles. The van der Waals surface area contributed by atoms with Gasteiger partial charge in [0.05, 0.1) is 13.2 Å². The standard InChI is InChI=1S/C23H36N4O/c1-3-24-23(26-19-13-20-8-6-9-21(14-19)27(20)2)25-15-18-7-4-5-10-22(18)28-16-17-11-12-17/h4-5,7,10,17,19-21H,3,6,8-9,11-16H2,1-2H3,(H2,24,25,26). The summed E-state index contributed by atoms with van der Waals surface area (Å²) in [5.74, 6) is 2.69. The fourth-order valence-electron chi connectivity index (χ4n) is 4.68. The van der Waals surface area contributed by atoms with Crippen molar-refractivity contribution in [2.24, 2.45) is 10.9 Å². The van der Waals surface area contributed by atoms with E-state index in [4.69, 9.17) is 9.73 Å². The van der Waals surface area contributed by atoms with Gasteiger partial charge in [-0.3, -0.25) is 0 Å². The first kappa shape index (κ1) is 19.6. The molecule has 0 aromatic heterocycles. The van der Waals surface area contributed by atoms with Crippen molar-refractivity contribution in [1.29, 1.82) is 0 Å². The maximum absolute atomic E-state index is 6.05. The van der Waals surface area contributed by atoms with Gasteiger partial charge in [-0.25, -0.2) is 4.99 Å². The highest BCUT2D eigenvalue weighted by Crippen LogP contribution is 2.33. The van der Waals surface area contributed by atoms with Gasteiger partial charge in [-0.05, 0) is 64.5 Å². The number of fused-ring (bicyclic) bond motifs is 2. The van der Waals surface area contributed by atoms with E-state index < -0.39 is 0 Å². The molecule has 3 fully saturated rings. The number of ether oxygens (including phenoxy) is 1. The summed E-state index contributed by atoms with van der Waals surface area (Å²) in [6.45, 7) is 4.51. The van der Waals surface area contributed by atoms with Crippen molar-refractivity contribution in [1.82, 2.24) is 15.5 Å². The van der Waals surface area contributed by atoms with Gasteiger partial charge in [0, 0.05) is 30.2 Å². The van der Waals surface area contributed by atoms with Gasteiger partial charge in [-0.1, -0.05) is 24.6 Å². The average molecular weight is 385 g/mol. The Kier molecular flexibility index (Phi) is 6.40. The Morgan fingerprint density at radius 1 is 1.14 bits per heavy atom. The number of benzene rings is 1. The number of hydrogen-bond acceptors (Lipinski definition) is 3. The molecule has 2 unspecified atom stereocenters. The summed E-state index contributed by atoms with van der Waals surface area (Å²) >= 11 is 0. The van der Waals surface area contributed by atoms with Crippen molar-refractivity contribution >= 4 is 5.96 Å². The Morgan fingerprint density at radius 2 is 1.89 bits per heavy atom. The molecule has 2 bridgehead atoms. The Balaban J connectivity index is 1.38. The zero-order valence-corrected chi connectivity index (χ0v) is 17.5. The van der Waals surface area contributed by atoms with Gasteiger partial charge in [0.2, 0.25) is 0 Å². The van der Waals surface area contributed by atoms with E-state index in [-0.39, 0.29) is 0 Å². The zero-order valence-electron chi connectivity index (χ0n) is 17.5. The number of nitrogens with one attached hydrogen (secondary N) is 2. The highest BCUT2D eigenvalue weighted by atomic mass is 16.5. The average Bonchev–Trinajstić information content (AvgIpc) is 3.50. The lowest BCUT2D eigenvalue weighted by atomic mass is 9.82. The predicted octanol–water partition coefficient (Wildman–Crippen LogP) is 3.55. The van der Waals surface area contributed by atoms with Crippen LogP contribution in [0.5, 0.6) is 5.75 Å². The molecule has 5 nitrogen and oxygen atoms in total. The molecule has 2 saturated heterocycles. The van der Waals surface area contributed by atoms with Crippen LogP contribution < -0.4 is 15.4 Å². The SMILES string of the molecule is CCNC(=NCc1ccccc1OCC1CC1)NC1CC2CCCC(C1)N2C. The molecule has 28 heavy (non-hydrogen) atoms. The highest BCUT2D eigenvalue weighted by Gasteiger charge is 2.36. The van der Waals surface area contributed by atoms with Crippen LogP contribution in [0.2, 0.25) is 0 Å². The quantitative estimate of drug-likeness (QED) is 0.558. The number of nitrogens with zero attached hydrogens (tertiary/aromatic N) is 2. The minimum atomic E-state index is 0.519. The van der Waals surface area contributed by atoms with Crippen molar-refractivity contribution in [2.75, 3.05) is 20.2 Å². The molecule has 5 heteroatoms. The van der Waals surface area contributed by atoms with E-state index in [1.54, 1.807) is 0 Å². The second kappa shape index (κ2) is 9.17. The lowest BCUT2D eigenvalue weighted by molar-refractivity contribution is 0.0526. The molecule has 2 N–H and O–H groups in total. The minimum absolute atomic E-state index is 0.519. The second-order valence-corrected chi connectivity index (χ2v) is 8.77. The Bertz CT molecular complexity index is 658. The largest absolute Gasteiger partial charge is 0.493 e. The summed E-state index contributed by atoms with van der Waals surface area (Å²) in [6.07, 6.45) is 9.13. The molecular weight excluding hydrogens is 348 g/mol. The van der Waals surface area contributed by atoms with Gasteiger partial charge in [-0.15, -0.1) is 0 Å². The summed E-state index contributed by atoms with van der Waals surface area (Å²) in [7, 11) is 2.31. The number of para-hydroxylation sites is 1. The smallest absolute Gasteiger partial charge is 0.191 e. The maximum Gasteiger partial charge on any atom is 0.191 e. The summed E-state index contributed by atoms with van der Waals surface area (Å²) in [6, 6.07) is 10.3. The van der Waals surface area contributed by atoms with E-state index in [1.165, 1.54) is 50.5 Å². The number of hydrogen-bond donors (Lipinski definition) is 2. The lowest BCUT2D eigenvalue weighted by Gasteiger charge is -2.47. The lowest BCUT2D eigenvalue weighted by Crippen LogP contribution is -2.56. The molecular formula is C23H36N4O. The van der Waals surface area contributed by atoms with Gasteiger partial charge in [0.15, 0.2) is 5.96 Å². The van der Waals surface area contributed by atoms with E-state index in [1.807, 2.05) is 0 Å². The first-order valence-electron chi connectivity index (χ1n) is 11.2. The van der Waals surface area contributed by atoms with Crippen LogP contribution in [0, 0.1) is 5.92 Å². The minimum Gasteiger partial charge on any atom is -0.493 e. The van der Waals surface area contributed by atoms with Crippen molar-refractivity contribution in [2.45, 2.75) is 76.5 Å². The number of guanidine groups is 1. The molecule has 154 valence electrons. The summed E-state index contributed by atoms with van der Waals surface area (Å²) in [4.78, 5) is 7.51. The number of rotatable bonds is 7. The monoisotopic (exact) mass is 384 g/mol. The molecule has 2 aliphatic heterocycles. The van der Waals surface area contributed by atoms with Crippen LogP contribution in [0.3, 0.4) is 0 Å². The molecule has 3 aliphatic rings. The molecule has 2 heterocycles. The van der Waals surface area contributed by atoms with Crippen LogP contribution in [0.1, 0.15) is 57.4 Å². The Hall–Kier alpha value is -1.75. The highest BCUT2D eigenvalue weighted by molar-refractivity contribution is 5.80. The number of aliphatic imine (C=N–C) groups is 1. The fraction of sp³-hybridized carbons (Fsp3) is 0.696. The van der Waals surface area contributed by atoms with Gasteiger partial charge >= 0.3 is 0 Å². The van der Waals surface area contributed by atoms with Gasteiger partial charge in [-0.2, -0.15) is 0 Å². The van der Waals surface area contributed by atoms with E-state index >= 15 is 0 Å². The third kappa shape index (κ3) is 4.99. The molecule has 0 radical (unpaired) electrons. The maximum atomic E-state index is 6.05. The summed E-state index contributed by atoms with van der Waals surface area (Å²) in [5.41, 5.74) is 1.17. The van der Waals surface area contributed by atoms with E-state index in [0.29, 0.717) is 12.6 Å². The molecule has 1 aliphatic carbocycles. The van der Waals surface area contributed by atoms with Crippen molar-refractivity contribution in [3.63, 3.8) is 0 Å². The van der Waals surface area contributed by atoms with Crippen LogP contribution in [-0.2, 0) is 6.54 Å². The van der Waals surface area contributed by atoms with Crippen molar-refractivity contribution < 1.29 is 4.74 Å². The van der Waals surface area contributed by atoms with Gasteiger partial charge < -0.3 is 20.3 Å². The topological polar surface area (TPSA) is 48.9 Å². The van der Waals surface area contributed by atoms with Crippen LogP contribution in [-0.4, -0.2) is 49.2 Å². The predicted molar refractivity (Wildman–Crippen MR) is 115 cm³/mol. The van der Waals surface area contributed by atoms with Crippen LogP contribution in [0.4, 0.5) is 0 Å². The van der Waals surface area contributed by atoms with Crippen molar-refractivity contribution in [3.8, 4) is 5.75 Å². The fourth-order valence-corrected chi connectivity index (χ4v) is 4.68. The van der Waals surface area contributed by atoms with Gasteiger partial charge in [0.25, 0.3) is 0 Å². The Labute approximate surface area is 169 Å². The first-order chi connectivity index (χ1) is 13.7. The second-order valence-electron chi connectivity index (χ2n) is 8.77. The summed E-state index contributed by atoms with van der Waals surface area (Å²) in [5, 5.41) is 7.17. The Morgan fingerprint density at radius 3 is 2.61 bits per heavy atom.